The molecule has 0 aliphatic carbocycles. The molecule has 2 aromatic heterocycles. The van der Waals surface area contributed by atoms with Gasteiger partial charge in [-0.3, -0.25) is 0 Å². The standard InChI is InChI=1S/C30H15B6NO3/c31-25-24(26(32)28(34)29(35)27(25)33)17-8-5-11-22-23(17)18-12-14(13-19(36(38)39)30(18)40-22)37-20-9-3-1-6-15(20)16-7-2-4-10-21(16)37/h1-13,38-39H. The number of aromatic nitrogens is 1. The number of nitrogens with zero attached hydrogens (tertiary/aromatic N) is 1. The van der Waals surface area contributed by atoms with Crippen molar-refractivity contribution in [3.63, 3.8) is 0 Å². The fourth-order valence-electron chi connectivity index (χ4n) is 5.81. The first-order valence-electron chi connectivity index (χ1n) is 12.6. The highest BCUT2D eigenvalue weighted by Crippen LogP contribution is 2.38. The molecule has 0 saturated heterocycles. The van der Waals surface area contributed by atoms with Crippen molar-refractivity contribution in [2.24, 2.45) is 0 Å². The van der Waals surface area contributed by atoms with Gasteiger partial charge in [-0.15, -0.1) is 16.4 Å². The summed E-state index contributed by atoms with van der Waals surface area (Å²) < 4.78 is 8.32. The van der Waals surface area contributed by atoms with Crippen LogP contribution in [-0.4, -0.2) is 61.0 Å². The average Bonchev–Trinajstić information content (AvgIpc) is 3.51. The van der Waals surface area contributed by atoms with Gasteiger partial charge in [0.15, 0.2) is 0 Å². The van der Waals surface area contributed by atoms with Gasteiger partial charge in [-0.05, 0) is 41.5 Å². The van der Waals surface area contributed by atoms with Crippen LogP contribution >= 0.6 is 0 Å². The topological polar surface area (TPSA) is 58.5 Å². The maximum absolute atomic E-state index is 10.5. The average molecular weight is 502 g/mol. The molecule has 0 bridgehead atoms. The molecule has 7 aromatic rings. The van der Waals surface area contributed by atoms with Gasteiger partial charge in [0.25, 0.3) is 0 Å². The van der Waals surface area contributed by atoms with Gasteiger partial charge in [0.1, 0.15) is 50.4 Å². The smallest absolute Gasteiger partial charge is 0.456 e. The van der Waals surface area contributed by atoms with Crippen LogP contribution in [0.5, 0.6) is 0 Å². The Hall–Kier alpha value is -3.99. The van der Waals surface area contributed by atoms with Crippen LogP contribution in [0.3, 0.4) is 0 Å². The number of furan rings is 1. The number of hydrogen-bond acceptors (Lipinski definition) is 3. The van der Waals surface area contributed by atoms with Crippen LogP contribution < -0.4 is 32.8 Å². The van der Waals surface area contributed by atoms with Gasteiger partial charge < -0.3 is 19.0 Å². The van der Waals surface area contributed by atoms with Gasteiger partial charge >= 0.3 is 7.12 Å². The van der Waals surface area contributed by atoms with E-state index >= 15 is 0 Å². The molecule has 2 heterocycles. The molecule has 0 fully saturated rings. The van der Waals surface area contributed by atoms with Crippen LogP contribution in [0.25, 0.3) is 60.6 Å². The van der Waals surface area contributed by atoms with Crippen molar-refractivity contribution in [3.05, 3.63) is 78.9 Å². The van der Waals surface area contributed by atoms with Gasteiger partial charge in [-0.25, -0.2) is 0 Å². The first-order chi connectivity index (χ1) is 19.3. The Labute approximate surface area is 237 Å². The van der Waals surface area contributed by atoms with E-state index in [0.29, 0.717) is 33.1 Å². The second-order valence-corrected chi connectivity index (χ2v) is 9.88. The summed E-state index contributed by atoms with van der Waals surface area (Å²) >= 11 is 0. The van der Waals surface area contributed by atoms with Gasteiger partial charge in [-0.2, -0.15) is 0 Å². The quantitative estimate of drug-likeness (QED) is 0.335. The molecule has 7 rings (SSSR count). The fraction of sp³-hybridized carbons (Fsp3) is 0. The summed E-state index contributed by atoms with van der Waals surface area (Å²) in [4.78, 5) is 0. The third-order valence-corrected chi connectivity index (χ3v) is 7.70. The van der Waals surface area contributed by atoms with Crippen molar-refractivity contribution >= 4 is 123 Å². The molecule has 10 heteroatoms. The Kier molecular flexibility index (Phi) is 5.64. The largest absolute Gasteiger partial charge is 0.492 e. The lowest BCUT2D eigenvalue weighted by molar-refractivity contribution is 0.425. The highest BCUT2D eigenvalue weighted by molar-refractivity contribution is 6.69. The molecule has 0 amide bonds. The number of rotatable bonds is 3. The van der Waals surface area contributed by atoms with Crippen LogP contribution in [0.15, 0.2) is 83.3 Å². The Morgan fingerprint density at radius 2 is 1.20 bits per heavy atom. The minimum Gasteiger partial charge on any atom is -0.456 e. The first kappa shape index (κ1) is 25.0. The molecular formula is C30H15B6NO3. The maximum atomic E-state index is 10.5. The van der Waals surface area contributed by atoms with Gasteiger partial charge in [0.2, 0.25) is 0 Å². The molecule has 0 aliphatic rings. The molecule has 5 aromatic carbocycles. The highest BCUT2D eigenvalue weighted by Gasteiger charge is 2.25. The zero-order chi connectivity index (χ0) is 27.9. The maximum Gasteiger partial charge on any atom is 0.492 e. The lowest BCUT2D eigenvalue weighted by atomic mass is 9.59. The molecule has 2 N–H and O–H groups in total. The summed E-state index contributed by atoms with van der Waals surface area (Å²) in [5.74, 6) is 0. The Balaban J connectivity index is 1.64. The van der Waals surface area contributed by atoms with Gasteiger partial charge in [-0.1, -0.05) is 59.5 Å². The number of para-hydroxylation sites is 2. The van der Waals surface area contributed by atoms with Crippen molar-refractivity contribution in [2.45, 2.75) is 0 Å². The van der Waals surface area contributed by atoms with Crippen molar-refractivity contribution in [3.8, 4) is 16.8 Å². The second kappa shape index (κ2) is 9.02. The first-order valence-corrected chi connectivity index (χ1v) is 12.6. The van der Waals surface area contributed by atoms with E-state index in [9.17, 15) is 10.0 Å². The van der Waals surface area contributed by atoms with Crippen LogP contribution in [0.2, 0.25) is 0 Å². The molecule has 10 radical (unpaired) electrons. The molecule has 40 heavy (non-hydrogen) atoms. The molecule has 0 unspecified atom stereocenters. The zero-order valence-corrected chi connectivity index (χ0v) is 21.2. The summed E-state index contributed by atoms with van der Waals surface area (Å²) in [6.45, 7) is 0. The van der Waals surface area contributed by atoms with Crippen LogP contribution in [0.1, 0.15) is 0 Å². The predicted octanol–water partition coefficient (Wildman–Crippen LogP) is -0.00110. The third kappa shape index (κ3) is 3.43. The summed E-state index contributed by atoms with van der Waals surface area (Å²) in [6.07, 6.45) is 0. The molecular weight excluding hydrogens is 487 g/mol. The summed E-state index contributed by atoms with van der Waals surface area (Å²) in [7, 11) is 29.5. The van der Waals surface area contributed by atoms with Crippen LogP contribution in [-0.2, 0) is 0 Å². The van der Waals surface area contributed by atoms with Crippen molar-refractivity contribution in [1.29, 1.82) is 0 Å². The van der Waals surface area contributed by atoms with E-state index in [1.807, 2.05) is 48.5 Å². The molecule has 0 saturated carbocycles. The molecule has 0 atom stereocenters. The fourth-order valence-corrected chi connectivity index (χ4v) is 5.81. The monoisotopic (exact) mass is 503 g/mol. The zero-order valence-electron chi connectivity index (χ0n) is 21.2. The van der Waals surface area contributed by atoms with Crippen molar-refractivity contribution in [1.82, 2.24) is 4.57 Å². The summed E-state index contributed by atoms with van der Waals surface area (Å²) in [5.41, 5.74) is 5.60. The van der Waals surface area contributed by atoms with Crippen LogP contribution in [0, 0.1) is 0 Å². The van der Waals surface area contributed by atoms with E-state index in [4.69, 9.17) is 43.6 Å². The van der Waals surface area contributed by atoms with E-state index in [-0.39, 0.29) is 32.8 Å². The minimum atomic E-state index is -1.79. The molecule has 0 aliphatic heterocycles. The van der Waals surface area contributed by atoms with Gasteiger partial charge in [0, 0.05) is 32.7 Å². The summed E-state index contributed by atoms with van der Waals surface area (Å²) in [6, 6.07) is 25.3. The minimum absolute atomic E-state index is 0.127. The van der Waals surface area contributed by atoms with Gasteiger partial charge in [0.05, 0.1) is 11.0 Å². The SMILES string of the molecule is [B]c1c([B])c([B])c(-c2cccc3oc4c(B(O)O)cc(-n5c6ccccc6c6ccccc65)cc4c23)c([B])c1[B]. The number of fused-ring (bicyclic) bond motifs is 6. The Morgan fingerprint density at radius 1 is 0.625 bits per heavy atom. The lowest BCUT2D eigenvalue weighted by Gasteiger charge is -2.21. The summed E-state index contributed by atoms with van der Waals surface area (Å²) in [5, 5.41) is 24.4. The van der Waals surface area contributed by atoms with Crippen molar-refractivity contribution in [2.75, 3.05) is 0 Å². The number of hydrogen-bond donors (Lipinski definition) is 2. The molecule has 4 nitrogen and oxygen atoms in total. The molecule has 176 valence electrons. The van der Waals surface area contributed by atoms with E-state index in [1.54, 1.807) is 18.2 Å². The lowest BCUT2D eigenvalue weighted by Crippen LogP contribution is -2.55. The highest BCUT2D eigenvalue weighted by atomic mass is 16.4. The van der Waals surface area contributed by atoms with Crippen LogP contribution in [0.4, 0.5) is 0 Å². The normalized spacial score (nSPS) is 11.8. The van der Waals surface area contributed by atoms with E-state index < -0.39 is 7.12 Å². The number of benzene rings is 5. The predicted molar refractivity (Wildman–Crippen MR) is 170 cm³/mol. The third-order valence-electron chi connectivity index (χ3n) is 7.70. The Morgan fingerprint density at radius 3 is 1.80 bits per heavy atom. The Bertz CT molecular complexity index is 2080. The van der Waals surface area contributed by atoms with Crippen molar-refractivity contribution < 1.29 is 14.5 Å². The second-order valence-electron chi connectivity index (χ2n) is 9.88. The molecule has 0 spiro atoms. The van der Waals surface area contributed by atoms with E-state index in [1.165, 1.54) is 0 Å². The van der Waals surface area contributed by atoms with E-state index in [2.05, 4.69) is 16.7 Å². The van der Waals surface area contributed by atoms with E-state index in [0.717, 1.165) is 27.5 Å².